The molecule has 0 aromatic heterocycles. The van der Waals surface area contributed by atoms with Crippen LogP contribution in [0.15, 0.2) is 0 Å². The van der Waals surface area contributed by atoms with Gasteiger partial charge in [0.05, 0.1) is 0 Å². The van der Waals surface area contributed by atoms with Gasteiger partial charge in [-0.15, -0.1) is 0 Å². The Labute approximate surface area is 184 Å². The molecule has 0 atom stereocenters. The molecule has 0 rings (SSSR count). The number of alkyl halides is 17. The van der Waals surface area contributed by atoms with Gasteiger partial charge in [-0.05, 0) is 19.6 Å². The summed E-state index contributed by atoms with van der Waals surface area (Å²) in [5.74, 6) is -62.9. The average molecular weight is 565 g/mol. The summed E-state index contributed by atoms with van der Waals surface area (Å²) in [5.41, 5.74) is 0. The van der Waals surface area contributed by atoms with Gasteiger partial charge in [0.15, 0.2) is 0 Å². The van der Waals surface area contributed by atoms with E-state index in [9.17, 15) is 79.4 Å². The van der Waals surface area contributed by atoms with Crippen LogP contribution in [0.25, 0.3) is 0 Å². The highest BCUT2D eigenvalue weighted by Gasteiger charge is 2.95. The van der Waals surface area contributed by atoms with E-state index in [0.29, 0.717) is 0 Å². The van der Waals surface area contributed by atoms with Crippen LogP contribution >= 0.6 is 0 Å². The fourth-order valence-corrected chi connectivity index (χ4v) is 1.97. The molecule has 0 fully saturated rings. The maximum atomic E-state index is 13.0. The van der Waals surface area contributed by atoms with Gasteiger partial charge < -0.3 is 10.0 Å². The minimum absolute atomic E-state index is 1.19. The Morgan fingerprint density at radius 2 is 0.743 bits per heavy atom. The molecule has 1 N–H and O–H groups in total. The fraction of sp³-hybridized carbons (Fsp3) is 0.933. The molecule has 0 unspecified atom stereocenters. The van der Waals surface area contributed by atoms with E-state index >= 15 is 0 Å². The number of halogens is 17. The number of nitrogens with zero attached hydrogens (tertiary/aromatic N) is 1. The predicted octanol–water partition coefficient (Wildman–Crippen LogP) is 6.43. The van der Waals surface area contributed by atoms with Crippen LogP contribution in [0, 0.1) is 0 Å². The minimum atomic E-state index is -8.76. The standard InChI is InChI=1S/C9HF17O2.C6H15N/c10-2(11,1(27)28)3(12,13)4(14,15)5(16,17)6(18,19)7(20,21)8(22,23)9(24,25)26;1-4-7(5-2)6-3/h(H,27,28);4-6H2,1-3H3. The molecule has 0 aromatic carbocycles. The summed E-state index contributed by atoms with van der Waals surface area (Å²) in [6.45, 7) is 10.1. The molecule has 0 spiro atoms. The van der Waals surface area contributed by atoms with Crippen LogP contribution in [-0.2, 0) is 4.79 Å². The number of carboxylic acids is 1. The summed E-state index contributed by atoms with van der Waals surface area (Å²) in [6.07, 6.45) is -7.83. The van der Waals surface area contributed by atoms with E-state index in [0.717, 1.165) is 0 Å². The third-order valence-electron chi connectivity index (χ3n) is 4.33. The summed E-state index contributed by atoms with van der Waals surface area (Å²) in [6, 6.07) is 0. The van der Waals surface area contributed by atoms with Gasteiger partial charge >= 0.3 is 53.6 Å². The first-order valence-electron chi connectivity index (χ1n) is 8.71. The molecule has 20 heteroatoms. The van der Waals surface area contributed by atoms with Crippen LogP contribution in [-0.4, -0.2) is 83.2 Å². The highest BCUT2D eigenvalue weighted by Crippen LogP contribution is 2.63. The second kappa shape index (κ2) is 10.3. The smallest absolute Gasteiger partial charge is 0.460 e. The molecular weight excluding hydrogens is 549 g/mol. The zero-order valence-corrected chi connectivity index (χ0v) is 17.3. The molecular formula is C15H16F17NO2. The SMILES string of the molecule is CCN(CC)CC.O=C(O)C(F)(F)C(F)(F)C(F)(F)C(F)(F)C(F)(F)C(F)(F)C(F)(F)C(F)(F)F. The van der Waals surface area contributed by atoms with Crippen molar-refractivity contribution in [3.8, 4) is 0 Å². The lowest BCUT2D eigenvalue weighted by Crippen LogP contribution is -2.75. The predicted molar refractivity (Wildman–Crippen MR) is 81.8 cm³/mol. The molecule has 0 aliphatic carbocycles. The molecule has 0 amide bonds. The van der Waals surface area contributed by atoms with Gasteiger partial charge in [0.2, 0.25) is 0 Å². The van der Waals surface area contributed by atoms with Crippen molar-refractivity contribution in [1.29, 1.82) is 0 Å². The summed E-state index contributed by atoms with van der Waals surface area (Å²) >= 11 is 0. The van der Waals surface area contributed by atoms with Gasteiger partial charge in [-0.2, -0.15) is 74.6 Å². The van der Waals surface area contributed by atoms with E-state index < -0.39 is 53.6 Å². The van der Waals surface area contributed by atoms with Gasteiger partial charge in [0.1, 0.15) is 0 Å². The van der Waals surface area contributed by atoms with E-state index in [1.807, 2.05) is 0 Å². The highest BCUT2D eigenvalue weighted by atomic mass is 19.4. The topological polar surface area (TPSA) is 40.5 Å². The number of hydrogen-bond donors (Lipinski definition) is 1. The van der Waals surface area contributed by atoms with Crippen molar-refractivity contribution in [3.05, 3.63) is 0 Å². The van der Waals surface area contributed by atoms with Crippen LogP contribution < -0.4 is 0 Å². The van der Waals surface area contributed by atoms with E-state index in [-0.39, 0.29) is 0 Å². The quantitative estimate of drug-likeness (QED) is 0.311. The third kappa shape index (κ3) is 5.50. The third-order valence-corrected chi connectivity index (χ3v) is 4.33. The zero-order valence-electron chi connectivity index (χ0n) is 17.3. The number of rotatable bonds is 10. The average Bonchev–Trinajstić information content (AvgIpc) is 2.67. The molecule has 212 valence electrons. The van der Waals surface area contributed by atoms with Crippen molar-refractivity contribution in [3.63, 3.8) is 0 Å². The number of carboxylic acid groups (broad SMARTS) is 1. The van der Waals surface area contributed by atoms with Crippen LogP contribution in [0.2, 0.25) is 0 Å². The van der Waals surface area contributed by atoms with Crippen LogP contribution in [0.3, 0.4) is 0 Å². The summed E-state index contributed by atoms with van der Waals surface area (Å²) in [7, 11) is 0. The van der Waals surface area contributed by atoms with Crippen molar-refractivity contribution in [1.82, 2.24) is 4.90 Å². The monoisotopic (exact) mass is 565 g/mol. The maximum Gasteiger partial charge on any atom is 0.460 e. The number of hydrogen-bond acceptors (Lipinski definition) is 2. The molecule has 35 heavy (non-hydrogen) atoms. The van der Waals surface area contributed by atoms with Crippen molar-refractivity contribution in [2.75, 3.05) is 19.6 Å². The Kier molecular flexibility index (Phi) is 10.4. The zero-order chi connectivity index (χ0) is 29.3. The molecule has 0 heterocycles. The van der Waals surface area contributed by atoms with Crippen LogP contribution in [0.5, 0.6) is 0 Å². The second-order valence-corrected chi connectivity index (χ2v) is 6.44. The summed E-state index contributed by atoms with van der Waals surface area (Å²) in [5, 5.41) is 7.59. The Morgan fingerprint density at radius 3 is 0.914 bits per heavy atom. The molecule has 3 nitrogen and oxygen atoms in total. The molecule has 0 aromatic rings. The summed E-state index contributed by atoms with van der Waals surface area (Å²) < 4.78 is 214. The lowest BCUT2D eigenvalue weighted by molar-refractivity contribution is -0.459. The Hall–Kier alpha value is -1.76. The van der Waals surface area contributed by atoms with Crippen molar-refractivity contribution in [2.45, 2.75) is 68.4 Å². The van der Waals surface area contributed by atoms with E-state index in [4.69, 9.17) is 5.11 Å². The van der Waals surface area contributed by atoms with E-state index in [1.54, 1.807) is 0 Å². The van der Waals surface area contributed by atoms with Gasteiger partial charge in [0.25, 0.3) is 0 Å². The maximum absolute atomic E-state index is 13.0. The molecule has 0 saturated carbocycles. The molecule has 0 bridgehead atoms. The first-order valence-corrected chi connectivity index (χ1v) is 8.71. The summed E-state index contributed by atoms with van der Waals surface area (Å²) in [4.78, 5) is 12.1. The Morgan fingerprint density at radius 1 is 0.514 bits per heavy atom. The van der Waals surface area contributed by atoms with Gasteiger partial charge in [-0.1, -0.05) is 20.8 Å². The largest absolute Gasteiger partial charge is 0.477 e. The van der Waals surface area contributed by atoms with E-state index in [2.05, 4.69) is 25.7 Å². The van der Waals surface area contributed by atoms with Crippen molar-refractivity contribution >= 4 is 5.97 Å². The number of carbonyl (C=O) groups is 1. The molecule has 0 saturated heterocycles. The first-order chi connectivity index (χ1) is 15.0. The lowest BCUT2D eigenvalue weighted by atomic mass is 9.89. The van der Waals surface area contributed by atoms with Crippen LogP contribution in [0.4, 0.5) is 74.6 Å². The minimum Gasteiger partial charge on any atom is -0.477 e. The molecule has 0 aliphatic rings. The van der Waals surface area contributed by atoms with Gasteiger partial charge in [-0.25, -0.2) is 4.79 Å². The molecule has 0 aliphatic heterocycles. The lowest BCUT2D eigenvalue weighted by Gasteiger charge is -2.42. The Balaban J connectivity index is 0. The Bertz CT molecular complexity index is 707. The molecule has 0 radical (unpaired) electrons. The number of aliphatic carboxylic acids is 1. The first kappa shape index (κ1) is 35.4. The fourth-order valence-electron chi connectivity index (χ4n) is 1.97. The van der Waals surface area contributed by atoms with Gasteiger partial charge in [0, 0.05) is 0 Å². The van der Waals surface area contributed by atoms with E-state index in [1.165, 1.54) is 19.6 Å². The van der Waals surface area contributed by atoms with Crippen molar-refractivity contribution in [2.24, 2.45) is 0 Å². The highest BCUT2D eigenvalue weighted by molar-refractivity contribution is 5.77. The van der Waals surface area contributed by atoms with Gasteiger partial charge in [-0.3, -0.25) is 0 Å². The van der Waals surface area contributed by atoms with Crippen LogP contribution in [0.1, 0.15) is 20.8 Å². The second-order valence-electron chi connectivity index (χ2n) is 6.44. The van der Waals surface area contributed by atoms with Crippen molar-refractivity contribution < 1.29 is 84.5 Å². The normalized spacial score (nSPS) is 15.1.